The lowest BCUT2D eigenvalue weighted by atomic mass is 10.1. The molecule has 0 bridgehead atoms. The van der Waals surface area contributed by atoms with Gasteiger partial charge < -0.3 is 20.1 Å². The van der Waals surface area contributed by atoms with Crippen molar-refractivity contribution in [2.24, 2.45) is 0 Å². The summed E-state index contributed by atoms with van der Waals surface area (Å²) in [5, 5.41) is 15.8. The molecule has 0 radical (unpaired) electrons. The maximum atomic E-state index is 12.4. The smallest absolute Gasteiger partial charge is 0.263 e. The minimum Gasteiger partial charge on any atom is -0.493 e. The van der Waals surface area contributed by atoms with Crippen LogP contribution in [0.25, 0.3) is 0 Å². The largest absolute Gasteiger partial charge is 0.493 e. The summed E-state index contributed by atoms with van der Waals surface area (Å²) >= 11 is 5.96. The first-order chi connectivity index (χ1) is 14.0. The summed E-state index contributed by atoms with van der Waals surface area (Å²) < 4.78 is 10.5. The average Bonchev–Trinajstić information content (AvgIpc) is 2.73. The van der Waals surface area contributed by atoms with Crippen LogP contribution < -0.4 is 20.1 Å². The highest BCUT2D eigenvalue weighted by molar-refractivity contribution is 6.30. The van der Waals surface area contributed by atoms with Crippen molar-refractivity contribution >= 4 is 17.5 Å². The lowest BCUT2D eigenvalue weighted by Crippen LogP contribution is -2.28. The van der Waals surface area contributed by atoms with Gasteiger partial charge in [0, 0.05) is 17.8 Å². The summed E-state index contributed by atoms with van der Waals surface area (Å²) in [4.78, 5) is 12.4. The Morgan fingerprint density at radius 1 is 1.21 bits per heavy atom. The fraction of sp³-hybridized carbons (Fsp3) is 0.273. The maximum absolute atomic E-state index is 12.4. The van der Waals surface area contributed by atoms with E-state index in [1.54, 1.807) is 26.4 Å². The van der Waals surface area contributed by atoms with Crippen LogP contribution in [0.15, 0.2) is 54.2 Å². The molecule has 1 amide bonds. The second-order valence-electron chi connectivity index (χ2n) is 6.31. The zero-order valence-electron chi connectivity index (χ0n) is 16.7. The summed E-state index contributed by atoms with van der Waals surface area (Å²) in [5.41, 5.74) is 1.91. The summed E-state index contributed by atoms with van der Waals surface area (Å²) in [6.07, 6.45) is 2.15. The van der Waals surface area contributed by atoms with Crippen molar-refractivity contribution in [1.82, 2.24) is 10.6 Å². The zero-order valence-corrected chi connectivity index (χ0v) is 17.4. The van der Waals surface area contributed by atoms with E-state index < -0.39 is 5.91 Å². The van der Waals surface area contributed by atoms with Crippen LogP contribution in [0.4, 0.5) is 0 Å². The second kappa shape index (κ2) is 11.0. The molecular formula is C22H24ClN3O3. The number of carbonyl (C=O) groups excluding carboxylic acids is 1. The minimum absolute atomic E-state index is 0.00317. The Bertz CT molecular complexity index is 922. The van der Waals surface area contributed by atoms with Crippen molar-refractivity contribution in [2.45, 2.75) is 19.4 Å². The van der Waals surface area contributed by atoms with Crippen LogP contribution in [0.2, 0.25) is 5.02 Å². The number of hydrogen-bond acceptors (Lipinski definition) is 5. The quantitative estimate of drug-likeness (QED) is 0.371. The molecule has 0 aromatic heterocycles. The summed E-state index contributed by atoms with van der Waals surface area (Å²) in [6.45, 7) is 2.41. The van der Waals surface area contributed by atoms with Gasteiger partial charge >= 0.3 is 0 Å². The third-order valence-electron chi connectivity index (χ3n) is 4.31. The predicted octanol–water partition coefficient (Wildman–Crippen LogP) is 3.77. The molecular weight excluding hydrogens is 390 g/mol. The van der Waals surface area contributed by atoms with E-state index in [1.165, 1.54) is 6.20 Å². The maximum Gasteiger partial charge on any atom is 0.263 e. The number of carbonyl (C=O) groups is 1. The van der Waals surface area contributed by atoms with Crippen LogP contribution in [-0.4, -0.2) is 26.7 Å². The molecule has 0 aliphatic heterocycles. The van der Waals surface area contributed by atoms with E-state index in [9.17, 15) is 10.1 Å². The molecule has 152 valence electrons. The zero-order chi connectivity index (χ0) is 21.2. The van der Waals surface area contributed by atoms with Gasteiger partial charge in [-0.25, -0.2) is 0 Å². The van der Waals surface area contributed by atoms with Crippen LogP contribution in [0, 0.1) is 11.3 Å². The normalized spacial score (nSPS) is 11.9. The van der Waals surface area contributed by atoms with Crippen molar-refractivity contribution in [1.29, 1.82) is 5.26 Å². The monoisotopic (exact) mass is 413 g/mol. The molecule has 0 aliphatic carbocycles. The number of halogens is 1. The molecule has 0 aliphatic rings. The highest BCUT2D eigenvalue weighted by Crippen LogP contribution is 2.29. The topological polar surface area (TPSA) is 83.4 Å². The van der Waals surface area contributed by atoms with Crippen molar-refractivity contribution < 1.29 is 14.3 Å². The van der Waals surface area contributed by atoms with Gasteiger partial charge in [-0.05, 0) is 48.7 Å². The van der Waals surface area contributed by atoms with Crippen molar-refractivity contribution in [3.8, 4) is 17.6 Å². The van der Waals surface area contributed by atoms with Crippen molar-refractivity contribution in [3.05, 3.63) is 70.4 Å². The number of methoxy groups -OCH3 is 2. The van der Waals surface area contributed by atoms with Gasteiger partial charge in [-0.1, -0.05) is 29.8 Å². The van der Waals surface area contributed by atoms with Crippen molar-refractivity contribution in [2.75, 3.05) is 20.8 Å². The standard InChI is InChI=1S/C22H24ClN3O3/c1-15(17-7-8-20(28-2)21(12-17)29-3)26-22(27)18(13-24)14-25-10-9-16-5-4-6-19(23)11-16/h4-8,11-12,14-15,25H,9-10H2,1-3H3,(H,26,27)/b18-14-. The Kier molecular flexibility index (Phi) is 8.38. The van der Waals surface area contributed by atoms with Gasteiger partial charge in [0.2, 0.25) is 0 Å². The van der Waals surface area contributed by atoms with E-state index in [1.807, 2.05) is 43.3 Å². The first-order valence-corrected chi connectivity index (χ1v) is 9.47. The van der Waals surface area contributed by atoms with Crippen molar-refractivity contribution in [3.63, 3.8) is 0 Å². The molecule has 6 nitrogen and oxygen atoms in total. The fourth-order valence-corrected chi connectivity index (χ4v) is 2.92. The van der Waals surface area contributed by atoms with Gasteiger partial charge in [-0.2, -0.15) is 5.26 Å². The number of nitrogens with zero attached hydrogens (tertiary/aromatic N) is 1. The van der Waals surface area contributed by atoms with E-state index >= 15 is 0 Å². The van der Waals surface area contributed by atoms with Gasteiger partial charge in [0.1, 0.15) is 11.6 Å². The van der Waals surface area contributed by atoms with Gasteiger partial charge in [-0.3, -0.25) is 4.79 Å². The first-order valence-electron chi connectivity index (χ1n) is 9.09. The molecule has 0 spiro atoms. The molecule has 7 heteroatoms. The molecule has 29 heavy (non-hydrogen) atoms. The molecule has 2 aromatic carbocycles. The van der Waals surface area contributed by atoms with Crippen LogP contribution in [0.3, 0.4) is 0 Å². The fourth-order valence-electron chi connectivity index (χ4n) is 2.71. The molecule has 2 aromatic rings. The van der Waals surface area contributed by atoms with E-state index in [4.69, 9.17) is 21.1 Å². The third-order valence-corrected chi connectivity index (χ3v) is 4.55. The third kappa shape index (κ3) is 6.44. The molecule has 1 atom stereocenters. The highest BCUT2D eigenvalue weighted by atomic mass is 35.5. The van der Waals surface area contributed by atoms with Gasteiger partial charge in [0.15, 0.2) is 11.5 Å². The molecule has 1 unspecified atom stereocenters. The van der Waals surface area contributed by atoms with E-state index in [0.717, 1.165) is 17.5 Å². The molecule has 0 saturated heterocycles. The van der Waals surface area contributed by atoms with Crippen LogP contribution in [0.5, 0.6) is 11.5 Å². The number of nitrogens with one attached hydrogen (secondary N) is 2. The molecule has 0 saturated carbocycles. The van der Waals surface area contributed by atoms with E-state index in [2.05, 4.69) is 10.6 Å². The Balaban J connectivity index is 1.94. The summed E-state index contributed by atoms with van der Waals surface area (Å²) in [6, 6.07) is 14.6. The van der Waals surface area contributed by atoms with Crippen LogP contribution in [0.1, 0.15) is 24.1 Å². The number of benzene rings is 2. The number of ether oxygens (including phenoxy) is 2. The SMILES string of the molecule is COc1ccc(C(C)NC(=O)/C(C#N)=C\NCCc2cccc(Cl)c2)cc1OC. The summed E-state index contributed by atoms with van der Waals surface area (Å²) in [5.74, 6) is 0.728. The highest BCUT2D eigenvalue weighted by Gasteiger charge is 2.15. The number of nitriles is 1. The number of amides is 1. The Morgan fingerprint density at radius 3 is 2.62 bits per heavy atom. The number of hydrogen-bond donors (Lipinski definition) is 2. The average molecular weight is 414 g/mol. The van der Waals surface area contributed by atoms with E-state index in [0.29, 0.717) is 23.1 Å². The van der Waals surface area contributed by atoms with Gasteiger partial charge in [-0.15, -0.1) is 0 Å². The molecule has 0 fully saturated rings. The Morgan fingerprint density at radius 2 is 1.97 bits per heavy atom. The lowest BCUT2D eigenvalue weighted by molar-refractivity contribution is -0.117. The lowest BCUT2D eigenvalue weighted by Gasteiger charge is -2.16. The van der Waals surface area contributed by atoms with Crippen LogP contribution in [-0.2, 0) is 11.2 Å². The Hall–Kier alpha value is -3.17. The predicted molar refractivity (Wildman–Crippen MR) is 113 cm³/mol. The molecule has 2 N–H and O–H groups in total. The molecule has 0 heterocycles. The van der Waals surface area contributed by atoms with Gasteiger partial charge in [0.05, 0.1) is 20.3 Å². The minimum atomic E-state index is -0.454. The second-order valence-corrected chi connectivity index (χ2v) is 6.75. The Labute approximate surface area is 176 Å². The van der Waals surface area contributed by atoms with Gasteiger partial charge in [0.25, 0.3) is 5.91 Å². The van der Waals surface area contributed by atoms with Crippen LogP contribution >= 0.6 is 11.6 Å². The van der Waals surface area contributed by atoms with E-state index in [-0.39, 0.29) is 11.6 Å². The summed E-state index contributed by atoms with van der Waals surface area (Å²) in [7, 11) is 3.11. The number of rotatable bonds is 9. The first kappa shape index (κ1) is 22.1. The molecule has 2 rings (SSSR count).